The van der Waals surface area contributed by atoms with Crippen LogP contribution in [0.3, 0.4) is 0 Å². The minimum Gasteiger partial charge on any atom is -0.441 e. The summed E-state index contributed by atoms with van der Waals surface area (Å²) in [6.07, 6.45) is 3.02. The minimum atomic E-state index is -0.444. The van der Waals surface area contributed by atoms with Gasteiger partial charge in [0.25, 0.3) is 5.69 Å². The molecule has 0 spiro atoms. The molecule has 0 saturated heterocycles. The number of hydrogen-bond acceptors (Lipinski definition) is 5. The van der Waals surface area contributed by atoms with E-state index in [1.54, 1.807) is 12.3 Å². The second-order valence-electron chi connectivity index (χ2n) is 3.97. The van der Waals surface area contributed by atoms with Gasteiger partial charge in [0.2, 0.25) is 0 Å². The Kier molecular flexibility index (Phi) is 4.28. The number of halogens is 1. The summed E-state index contributed by atoms with van der Waals surface area (Å²) in [6, 6.07) is 4.65. The molecule has 6 nitrogen and oxygen atoms in total. The largest absolute Gasteiger partial charge is 0.441 e. The van der Waals surface area contributed by atoms with Crippen LogP contribution in [0.4, 0.5) is 5.69 Å². The van der Waals surface area contributed by atoms with E-state index in [0.29, 0.717) is 34.7 Å². The summed E-state index contributed by atoms with van der Waals surface area (Å²) in [5.41, 5.74) is 6.04. The highest BCUT2D eigenvalue weighted by molar-refractivity contribution is 9.10. The summed E-state index contributed by atoms with van der Waals surface area (Å²) < 4.78 is 6.17. The monoisotopic (exact) mass is 325 g/mol. The third kappa shape index (κ3) is 3.39. The van der Waals surface area contributed by atoms with Crippen molar-refractivity contribution in [3.8, 4) is 11.3 Å². The van der Waals surface area contributed by atoms with Crippen molar-refractivity contribution in [3.63, 3.8) is 0 Å². The number of rotatable bonds is 5. The van der Waals surface area contributed by atoms with Crippen molar-refractivity contribution in [2.24, 2.45) is 5.73 Å². The fourth-order valence-corrected chi connectivity index (χ4v) is 2.12. The normalized spacial score (nSPS) is 10.6. The van der Waals surface area contributed by atoms with Crippen LogP contribution < -0.4 is 5.73 Å². The zero-order valence-electron chi connectivity index (χ0n) is 10.0. The molecule has 1 heterocycles. The van der Waals surface area contributed by atoms with Crippen molar-refractivity contribution in [2.75, 3.05) is 6.54 Å². The molecule has 19 heavy (non-hydrogen) atoms. The summed E-state index contributed by atoms with van der Waals surface area (Å²) in [4.78, 5) is 14.5. The lowest BCUT2D eigenvalue weighted by Crippen LogP contribution is -2.00. The van der Waals surface area contributed by atoms with Crippen LogP contribution in [0.15, 0.2) is 33.3 Å². The van der Waals surface area contributed by atoms with Gasteiger partial charge in [-0.3, -0.25) is 10.1 Å². The first-order valence-electron chi connectivity index (χ1n) is 5.70. The lowest BCUT2D eigenvalue weighted by molar-refractivity contribution is -0.384. The van der Waals surface area contributed by atoms with Crippen molar-refractivity contribution < 1.29 is 9.34 Å². The first kappa shape index (κ1) is 13.7. The third-order valence-electron chi connectivity index (χ3n) is 2.53. The molecule has 0 saturated carbocycles. The summed E-state index contributed by atoms with van der Waals surface area (Å²) >= 11 is 3.24. The number of nitro benzene ring substituents is 1. The maximum absolute atomic E-state index is 10.8. The van der Waals surface area contributed by atoms with Gasteiger partial charge in [-0.15, -0.1) is 0 Å². The van der Waals surface area contributed by atoms with Gasteiger partial charge >= 0.3 is 0 Å². The Morgan fingerprint density at radius 1 is 1.42 bits per heavy atom. The van der Waals surface area contributed by atoms with Gasteiger partial charge in [-0.2, -0.15) is 0 Å². The lowest BCUT2D eigenvalue weighted by Gasteiger charge is -1.99. The SMILES string of the molecule is NCCCc1ncc(-c2cc(Br)cc([N+](=O)[O-])c2)o1. The molecule has 0 atom stereocenters. The van der Waals surface area contributed by atoms with Crippen molar-refractivity contribution in [1.29, 1.82) is 0 Å². The molecule has 0 aliphatic carbocycles. The minimum absolute atomic E-state index is 0.00397. The molecule has 2 rings (SSSR count). The Labute approximate surface area is 117 Å². The van der Waals surface area contributed by atoms with Gasteiger partial charge in [-0.25, -0.2) is 4.98 Å². The molecule has 2 aromatic rings. The van der Waals surface area contributed by atoms with Crippen molar-refractivity contribution in [1.82, 2.24) is 4.98 Å². The van der Waals surface area contributed by atoms with Crippen molar-refractivity contribution >= 4 is 21.6 Å². The molecule has 0 aliphatic rings. The predicted octanol–water partition coefficient (Wildman–Crippen LogP) is 2.90. The van der Waals surface area contributed by atoms with Gasteiger partial charge in [-0.05, 0) is 19.0 Å². The van der Waals surface area contributed by atoms with Crippen molar-refractivity contribution in [2.45, 2.75) is 12.8 Å². The molecule has 0 amide bonds. The Morgan fingerprint density at radius 2 is 2.21 bits per heavy atom. The maximum atomic E-state index is 10.8. The van der Waals surface area contributed by atoms with E-state index in [2.05, 4.69) is 20.9 Å². The Bertz CT molecular complexity index is 598. The molecule has 2 N–H and O–H groups in total. The van der Waals surface area contributed by atoms with Gasteiger partial charge < -0.3 is 10.2 Å². The highest BCUT2D eigenvalue weighted by Gasteiger charge is 2.13. The number of aryl methyl sites for hydroxylation is 1. The van der Waals surface area contributed by atoms with E-state index < -0.39 is 4.92 Å². The highest BCUT2D eigenvalue weighted by atomic mass is 79.9. The number of nitrogens with zero attached hydrogens (tertiary/aromatic N) is 2. The number of oxazole rings is 1. The van der Waals surface area contributed by atoms with E-state index >= 15 is 0 Å². The number of nitro groups is 1. The van der Waals surface area contributed by atoms with Crippen LogP contribution in [0.5, 0.6) is 0 Å². The smallest absolute Gasteiger partial charge is 0.271 e. The van der Waals surface area contributed by atoms with E-state index in [1.807, 2.05) is 0 Å². The maximum Gasteiger partial charge on any atom is 0.271 e. The number of nitrogens with two attached hydrogens (primary N) is 1. The molecule has 0 unspecified atom stereocenters. The molecular weight excluding hydrogens is 314 g/mol. The summed E-state index contributed by atoms with van der Waals surface area (Å²) in [7, 11) is 0. The first-order valence-corrected chi connectivity index (χ1v) is 6.49. The Balaban J connectivity index is 2.30. The molecule has 0 fully saturated rings. The van der Waals surface area contributed by atoms with Crippen LogP contribution >= 0.6 is 15.9 Å². The zero-order valence-corrected chi connectivity index (χ0v) is 11.6. The quantitative estimate of drug-likeness (QED) is 0.673. The molecule has 0 bridgehead atoms. The number of non-ortho nitro benzene ring substituents is 1. The highest BCUT2D eigenvalue weighted by Crippen LogP contribution is 2.29. The number of benzene rings is 1. The average molecular weight is 326 g/mol. The first-order chi connectivity index (χ1) is 9.10. The molecule has 1 aromatic carbocycles. The topological polar surface area (TPSA) is 95.2 Å². The van der Waals surface area contributed by atoms with Crippen LogP contribution in [0, 0.1) is 10.1 Å². The second kappa shape index (κ2) is 5.94. The lowest BCUT2D eigenvalue weighted by atomic mass is 10.1. The molecule has 1 aromatic heterocycles. The second-order valence-corrected chi connectivity index (χ2v) is 4.88. The zero-order chi connectivity index (χ0) is 13.8. The van der Waals surface area contributed by atoms with Crippen LogP contribution in [0.2, 0.25) is 0 Å². The van der Waals surface area contributed by atoms with Crippen LogP contribution in [-0.2, 0) is 6.42 Å². The molecule has 0 aliphatic heterocycles. The van der Waals surface area contributed by atoms with Crippen LogP contribution in [0.25, 0.3) is 11.3 Å². The fraction of sp³-hybridized carbons (Fsp3) is 0.250. The van der Waals surface area contributed by atoms with E-state index in [4.69, 9.17) is 10.2 Å². The molecule has 7 heteroatoms. The van der Waals surface area contributed by atoms with Gasteiger partial charge in [0.1, 0.15) is 0 Å². The van der Waals surface area contributed by atoms with E-state index in [-0.39, 0.29) is 5.69 Å². The van der Waals surface area contributed by atoms with Gasteiger partial charge in [-0.1, -0.05) is 15.9 Å². The van der Waals surface area contributed by atoms with Crippen molar-refractivity contribution in [3.05, 3.63) is 44.9 Å². The van der Waals surface area contributed by atoms with Crippen LogP contribution in [0.1, 0.15) is 12.3 Å². The van der Waals surface area contributed by atoms with Gasteiger partial charge in [0.05, 0.1) is 11.1 Å². The van der Waals surface area contributed by atoms with Gasteiger partial charge in [0, 0.05) is 28.6 Å². The third-order valence-corrected chi connectivity index (χ3v) is 2.98. The standard InChI is InChI=1S/C12H12BrN3O3/c13-9-4-8(5-10(6-9)16(17)18)11-7-15-12(19-11)2-1-3-14/h4-7H,1-3,14H2. The molecule has 0 radical (unpaired) electrons. The van der Waals surface area contributed by atoms with Crippen LogP contribution in [-0.4, -0.2) is 16.5 Å². The summed E-state index contributed by atoms with van der Waals surface area (Å²) in [5, 5.41) is 10.8. The average Bonchev–Trinajstić information content (AvgIpc) is 2.84. The van der Waals surface area contributed by atoms with E-state index in [9.17, 15) is 10.1 Å². The number of aromatic nitrogens is 1. The fourth-order valence-electron chi connectivity index (χ4n) is 1.63. The van der Waals surface area contributed by atoms with E-state index in [1.165, 1.54) is 12.1 Å². The molecular formula is C12H12BrN3O3. The summed E-state index contributed by atoms with van der Waals surface area (Å²) in [5.74, 6) is 1.10. The van der Waals surface area contributed by atoms with Gasteiger partial charge in [0.15, 0.2) is 11.7 Å². The van der Waals surface area contributed by atoms with E-state index in [0.717, 1.165) is 6.42 Å². The number of hydrogen-bond donors (Lipinski definition) is 1. The Morgan fingerprint density at radius 3 is 2.89 bits per heavy atom. The summed E-state index contributed by atoms with van der Waals surface area (Å²) in [6.45, 7) is 0.570. The Hall–Kier alpha value is -1.73. The molecule has 100 valence electrons. The predicted molar refractivity (Wildman–Crippen MR) is 73.7 cm³/mol.